The lowest BCUT2D eigenvalue weighted by atomic mass is 10.3. The number of hydrogen-bond acceptors (Lipinski definition) is 5. The number of hydrogen-bond donors (Lipinski definition) is 0. The lowest BCUT2D eigenvalue weighted by molar-refractivity contribution is -0.113. The Morgan fingerprint density at radius 3 is 2.60 bits per heavy atom. The van der Waals surface area contributed by atoms with Crippen molar-refractivity contribution >= 4 is 40.4 Å². The molecule has 3 heterocycles. The van der Waals surface area contributed by atoms with Gasteiger partial charge in [-0.2, -0.15) is 0 Å². The Kier molecular flexibility index (Phi) is 4.18. The van der Waals surface area contributed by atoms with Gasteiger partial charge in [-0.3, -0.25) is 9.69 Å². The van der Waals surface area contributed by atoms with E-state index in [2.05, 4.69) is 9.98 Å². The molecule has 1 saturated heterocycles. The average molecular weight is 347 g/mol. The van der Waals surface area contributed by atoms with E-state index in [1.54, 1.807) is 35.6 Å². The van der Waals surface area contributed by atoms with Gasteiger partial charge >= 0.3 is 0 Å². The molecule has 0 spiro atoms. The number of amidine groups is 1. The minimum absolute atomic E-state index is 0.137. The van der Waals surface area contributed by atoms with E-state index in [0.717, 1.165) is 5.69 Å². The van der Waals surface area contributed by atoms with Crippen molar-refractivity contribution in [3.8, 4) is 0 Å². The lowest BCUT2D eigenvalue weighted by Gasteiger charge is -2.15. The molecule has 1 aromatic carbocycles. The predicted octanol–water partition coefficient (Wildman–Crippen LogP) is 4.48. The first kappa shape index (κ1) is 15.4. The van der Waals surface area contributed by atoms with E-state index in [1.807, 2.05) is 48.5 Å². The SMILES string of the molecule is O=C1/C(=C\c2ccco2)S/C(=N/c2ccccn2)N1c1ccccc1. The number of carbonyl (C=O) groups excluding carboxylic acids is 1. The van der Waals surface area contributed by atoms with E-state index in [-0.39, 0.29) is 5.91 Å². The van der Waals surface area contributed by atoms with E-state index in [9.17, 15) is 4.79 Å². The second-order valence-electron chi connectivity index (χ2n) is 5.18. The summed E-state index contributed by atoms with van der Waals surface area (Å²) in [5.41, 5.74) is 0.762. The summed E-state index contributed by atoms with van der Waals surface area (Å²) >= 11 is 1.30. The molecule has 1 fully saturated rings. The molecule has 0 atom stereocenters. The van der Waals surface area contributed by atoms with Crippen LogP contribution in [0.25, 0.3) is 6.08 Å². The zero-order valence-electron chi connectivity index (χ0n) is 13.1. The van der Waals surface area contributed by atoms with Crippen molar-refractivity contribution in [1.29, 1.82) is 0 Å². The van der Waals surface area contributed by atoms with E-state index >= 15 is 0 Å². The van der Waals surface area contributed by atoms with Gasteiger partial charge in [-0.15, -0.1) is 0 Å². The van der Waals surface area contributed by atoms with E-state index in [1.165, 1.54) is 11.8 Å². The van der Waals surface area contributed by atoms with Crippen LogP contribution >= 0.6 is 11.8 Å². The average Bonchev–Trinajstić information content (AvgIpc) is 3.26. The molecule has 0 bridgehead atoms. The third-order valence-electron chi connectivity index (χ3n) is 3.50. The summed E-state index contributed by atoms with van der Waals surface area (Å²) in [6, 6.07) is 18.5. The third-order valence-corrected chi connectivity index (χ3v) is 4.47. The summed E-state index contributed by atoms with van der Waals surface area (Å²) in [6.07, 6.45) is 4.98. The Morgan fingerprint density at radius 1 is 1.04 bits per heavy atom. The number of nitrogens with zero attached hydrogens (tertiary/aromatic N) is 3. The quantitative estimate of drug-likeness (QED) is 0.655. The van der Waals surface area contributed by atoms with Gasteiger partial charge in [0.05, 0.1) is 16.9 Å². The fraction of sp³-hybridized carbons (Fsp3) is 0. The van der Waals surface area contributed by atoms with Crippen molar-refractivity contribution in [3.63, 3.8) is 0 Å². The number of rotatable bonds is 3. The van der Waals surface area contributed by atoms with Crippen LogP contribution in [0.2, 0.25) is 0 Å². The summed E-state index contributed by atoms with van der Waals surface area (Å²) in [7, 11) is 0. The molecule has 122 valence electrons. The highest BCUT2D eigenvalue weighted by Crippen LogP contribution is 2.36. The van der Waals surface area contributed by atoms with Crippen molar-refractivity contribution in [3.05, 3.63) is 83.8 Å². The fourth-order valence-electron chi connectivity index (χ4n) is 2.37. The third kappa shape index (κ3) is 3.25. The number of thioether (sulfide) groups is 1. The topological polar surface area (TPSA) is 58.7 Å². The van der Waals surface area contributed by atoms with Crippen LogP contribution in [0.4, 0.5) is 11.5 Å². The molecule has 1 aliphatic rings. The summed E-state index contributed by atoms with van der Waals surface area (Å²) in [5.74, 6) is 1.04. The highest BCUT2D eigenvalue weighted by atomic mass is 32.2. The van der Waals surface area contributed by atoms with Gasteiger partial charge in [0.1, 0.15) is 5.76 Å². The minimum Gasteiger partial charge on any atom is -0.465 e. The second-order valence-corrected chi connectivity index (χ2v) is 6.19. The summed E-state index contributed by atoms with van der Waals surface area (Å²) < 4.78 is 5.33. The first-order chi connectivity index (χ1) is 12.3. The molecule has 0 aliphatic carbocycles. The monoisotopic (exact) mass is 347 g/mol. The van der Waals surface area contributed by atoms with Gasteiger partial charge < -0.3 is 4.42 Å². The number of aromatic nitrogens is 1. The van der Waals surface area contributed by atoms with Gasteiger partial charge in [0.25, 0.3) is 5.91 Å². The number of benzene rings is 1. The Bertz CT molecular complexity index is 935. The highest BCUT2D eigenvalue weighted by Gasteiger charge is 2.35. The molecule has 0 saturated carbocycles. The van der Waals surface area contributed by atoms with E-state index < -0.39 is 0 Å². The van der Waals surface area contributed by atoms with Crippen molar-refractivity contribution in [2.75, 3.05) is 4.90 Å². The zero-order chi connectivity index (χ0) is 17.1. The molecule has 6 heteroatoms. The van der Waals surface area contributed by atoms with Gasteiger partial charge in [-0.05, 0) is 48.2 Å². The van der Waals surface area contributed by atoms with Crippen molar-refractivity contribution < 1.29 is 9.21 Å². The first-order valence-corrected chi connectivity index (χ1v) is 8.45. The maximum absolute atomic E-state index is 12.9. The summed E-state index contributed by atoms with van der Waals surface area (Å²) in [6.45, 7) is 0. The molecule has 5 nitrogen and oxygen atoms in total. The normalized spacial score (nSPS) is 17.6. The Labute approximate surface area is 148 Å². The highest BCUT2D eigenvalue weighted by molar-refractivity contribution is 8.19. The van der Waals surface area contributed by atoms with Crippen LogP contribution in [0.3, 0.4) is 0 Å². The molecule has 0 radical (unpaired) electrons. The van der Waals surface area contributed by atoms with Gasteiger partial charge in [0, 0.05) is 12.3 Å². The standard InChI is InChI=1S/C19H13N3O2S/c23-18-16(13-15-9-6-12-24-15)25-19(21-17-10-4-5-11-20-17)22(18)14-7-2-1-3-8-14/h1-13H/b16-13+,21-19+. The minimum atomic E-state index is -0.137. The first-order valence-electron chi connectivity index (χ1n) is 7.63. The van der Waals surface area contributed by atoms with Crippen LogP contribution in [0.5, 0.6) is 0 Å². The molecule has 25 heavy (non-hydrogen) atoms. The number of para-hydroxylation sites is 1. The lowest BCUT2D eigenvalue weighted by Crippen LogP contribution is -2.28. The second kappa shape index (κ2) is 6.78. The summed E-state index contributed by atoms with van der Waals surface area (Å²) in [4.78, 5) is 23.8. The number of anilines is 1. The molecular formula is C19H13N3O2S. The molecule has 0 unspecified atom stereocenters. The van der Waals surface area contributed by atoms with Gasteiger partial charge in [0.15, 0.2) is 11.0 Å². The van der Waals surface area contributed by atoms with Crippen LogP contribution in [0.15, 0.2) is 87.4 Å². The van der Waals surface area contributed by atoms with Crippen molar-refractivity contribution in [2.24, 2.45) is 4.99 Å². The number of pyridine rings is 1. The van der Waals surface area contributed by atoms with Gasteiger partial charge in [-0.1, -0.05) is 24.3 Å². The number of carbonyl (C=O) groups is 1. The molecule has 3 aromatic rings. The van der Waals surface area contributed by atoms with E-state index in [0.29, 0.717) is 21.7 Å². The van der Waals surface area contributed by atoms with Crippen molar-refractivity contribution in [1.82, 2.24) is 4.98 Å². The maximum atomic E-state index is 12.9. The fourth-order valence-corrected chi connectivity index (χ4v) is 3.34. The van der Waals surface area contributed by atoms with Crippen LogP contribution in [-0.2, 0) is 4.79 Å². The van der Waals surface area contributed by atoms with Gasteiger partial charge in [0.2, 0.25) is 0 Å². The Morgan fingerprint density at radius 2 is 1.88 bits per heavy atom. The Balaban J connectivity index is 1.77. The molecule has 2 aromatic heterocycles. The zero-order valence-corrected chi connectivity index (χ0v) is 13.9. The smallest absolute Gasteiger partial charge is 0.271 e. The van der Waals surface area contributed by atoms with Crippen LogP contribution in [-0.4, -0.2) is 16.1 Å². The maximum Gasteiger partial charge on any atom is 0.271 e. The van der Waals surface area contributed by atoms with Gasteiger partial charge in [-0.25, -0.2) is 9.98 Å². The number of furan rings is 1. The Hall–Kier alpha value is -3.12. The van der Waals surface area contributed by atoms with Crippen LogP contribution in [0, 0.1) is 0 Å². The van der Waals surface area contributed by atoms with Crippen LogP contribution < -0.4 is 4.90 Å². The number of aliphatic imine (C=N–C) groups is 1. The molecule has 4 rings (SSSR count). The predicted molar refractivity (Wildman–Crippen MR) is 99.5 cm³/mol. The molecular weight excluding hydrogens is 334 g/mol. The molecule has 1 amide bonds. The largest absolute Gasteiger partial charge is 0.465 e. The summed E-state index contributed by atoms with van der Waals surface area (Å²) in [5, 5.41) is 0.563. The van der Waals surface area contributed by atoms with Crippen molar-refractivity contribution in [2.45, 2.75) is 0 Å². The number of amides is 1. The van der Waals surface area contributed by atoms with E-state index in [4.69, 9.17) is 4.42 Å². The molecule has 0 N–H and O–H groups in total. The molecule has 1 aliphatic heterocycles. The van der Waals surface area contributed by atoms with Crippen LogP contribution in [0.1, 0.15) is 5.76 Å².